The normalized spacial score (nSPS) is 11.6. The molecule has 0 aliphatic heterocycles. The van der Waals surface area contributed by atoms with Gasteiger partial charge in [0, 0.05) is 27.8 Å². The van der Waals surface area contributed by atoms with Crippen LogP contribution >= 0.6 is 0 Å². The van der Waals surface area contributed by atoms with Crippen molar-refractivity contribution in [1.29, 1.82) is 0 Å². The molecule has 0 bridgehead atoms. The van der Waals surface area contributed by atoms with E-state index < -0.39 is 0 Å². The molecular formula is C54H36N2. The van der Waals surface area contributed by atoms with Crippen LogP contribution in [0.3, 0.4) is 0 Å². The molecule has 0 spiro atoms. The molecule has 0 amide bonds. The summed E-state index contributed by atoms with van der Waals surface area (Å²) in [6, 6.07) is 79.4. The van der Waals surface area contributed by atoms with Gasteiger partial charge in [-0.15, -0.1) is 0 Å². The predicted octanol–water partition coefficient (Wildman–Crippen LogP) is 15.0. The molecule has 262 valence electrons. The highest BCUT2D eigenvalue weighted by Crippen LogP contribution is 2.45. The first-order chi connectivity index (χ1) is 27.8. The number of benzene rings is 10. The Bertz CT molecular complexity index is 3230. The van der Waals surface area contributed by atoms with E-state index in [9.17, 15) is 0 Å². The van der Waals surface area contributed by atoms with Crippen LogP contribution in [0.5, 0.6) is 0 Å². The Morgan fingerprint density at radius 2 is 0.929 bits per heavy atom. The second-order valence-corrected chi connectivity index (χ2v) is 14.5. The molecule has 0 atom stereocenters. The third-order valence-corrected chi connectivity index (χ3v) is 11.4. The van der Waals surface area contributed by atoms with E-state index in [1.807, 2.05) is 0 Å². The molecule has 0 radical (unpaired) electrons. The topological polar surface area (TPSA) is 8.17 Å². The molecule has 0 aliphatic carbocycles. The van der Waals surface area contributed by atoms with Crippen LogP contribution in [0.25, 0.3) is 82.1 Å². The lowest BCUT2D eigenvalue weighted by atomic mass is 9.92. The molecule has 11 aromatic rings. The van der Waals surface area contributed by atoms with Crippen LogP contribution in [0.4, 0.5) is 17.1 Å². The number of fused-ring (bicyclic) bond motifs is 8. The van der Waals surface area contributed by atoms with Crippen molar-refractivity contribution >= 4 is 71.2 Å². The van der Waals surface area contributed by atoms with Crippen LogP contribution < -0.4 is 4.90 Å². The van der Waals surface area contributed by atoms with Crippen molar-refractivity contribution in [3.63, 3.8) is 0 Å². The lowest BCUT2D eigenvalue weighted by Crippen LogP contribution is -2.11. The molecule has 1 heterocycles. The number of hydrogen-bond acceptors (Lipinski definition) is 1. The fourth-order valence-corrected chi connectivity index (χ4v) is 8.81. The summed E-state index contributed by atoms with van der Waals surface area (Å²) < 4.78 is 2.42. The maximum Gasteiger partial charge on any atom is 0.0782 e. The Morgan fingerprint density at radius 3 is 1.79 bits per heavy atom. The average Bonchev–Trinajstić information content (AvgIpc) is 3.62. The highest BCUT2D eigenvalue weighted by atomic mass is 15.2. The molecule has 10 aromatic carbocycles. The summed E-state index contributed by atoms with van der Waals surface area (Å²) in [5, 5.41) is 10.1. The third kappa shape index (κ3) is 5.19. The number of rotatable bonds is 6. The van der Waals surface area contributed by atoms with Crippen LogP contribution in [0.2, 0.25) is 0 Å². The summed E-state index contributed by atoms with van der Waals surface area (Å²) in [7, 11) is 0. The molecule has 0 N–H and O–H groups in total. The number of anilines is 3. The van der Waals surface area contributed by atoms with Gasteiger partial charge in [0.2, 0.25) is 0 Å². The Balaban J connectivity index is 1.11. The van der Waals surface area contributed by atoms with E-state index in [0.29, 0.717) is 0 Å². The van der Waals surface area contributed by atoms with E-state index in [2.05, 4.69) is 228 Å². The maximum absolute atomic E-state index is 2.43. The van der Waals surface area contributed by atoms with Gasteiger partial charge in [0.1, 0.15) is 0 Å². The van der Waals surface area contributed by atoms with Crippen LogP contribution in [0.1, 0.15) is 0 Å². The number of hydrogen-bond donors (Lipinski definition) is 0. The first-order valence-corrected chi connectivity index (χ1v) is 19.3. The van der Waals surface area contributed by atoms with Crippen molar-refractivity contribution < 1.29 is 0 Å². The molecule has 0 unspecified atom stereocenters. The van der Waals surface area contributed by atoms with Gasteiger partial charge < -0.3 is 9.47 Å². The van der Waals surface area contributed by atoms with Crippen LogP contribution in [-0.2, 0) is 0 Å². The van der Waals surface area contributed by atoms with Gasteiger partial charge in [-0.3, -0.25) is 0 Å². The number of para-hydroxylation sites is 3. The van der Waals surface area contributed by atoms with Crippen molar-refractivity contribution in [3.05, 3.63) is 218 Å². The van der Waals surface area contributed by atoms with Crippen LogP contribution in [0, 0.1) is 0 Å². The molecule has 2 nitrogen and oxygen atoms in total. The molecule has 0 aliphatic rings. The van der Waals surface area contributed by atoms with E-state index in [4.69, 9.17) is 0 Å². The zero-order valence-corrected chi connectivity index (χ0v) is 30.7. The summed E-state index contributed by atoms with van der Waals surface area (Å²) in [6.45, 7) is 0. The molecule has 1 aromatic heterocycles. The molecule has 0 fully saturated rings. The molecule has 11 rings (SSSR count). The number of nitrogens with zero attached hydrogens (tertiary/aromatic N) is 2. The molecule has 0 saturated heterocycles. The van der Waals surface area contributed by atoms with Gasteiger partial charge in [0.25, 0.3) is 0 Å². The van der Waals surface area contributed by atoms with Crippen molar-refractivity contribution in [2.24, 2.45) is 0 Å². The second-order valence-electron chi connectivity index (χ2n) is 14.5. The van der Waals surface area contributed by atoms with E-state index in [1.54, 1.807) is 0 Å². The molecule has 2 heteroatoms. The Hall–Kier alpha value is -7.42. The highest BCUT2D eigenvalue weighted by Gasteiger charge is 2.22. The lowest BCUT2D eigenvalue weighted by molar-refractivity contribution is 1.17. The fourth-order valence-electron chi connectivity index (χ4n) is 8.81. The highest BCUT2D eigenvalue weighted by molar-refractivity contribution is 6.19. The fraction of sp³-hybridized carbons (Fsp3) is 0. The van der Waals surface area contributed by atoms with Gasteiger partial charge >= 0.3 is 0 Å². The van der Waals surface area contributed by atoms with Crippen LogP contribution in [0.15, 0.2) is 218 Å². The summed E-state index contributed by atoms with van der Waals surface area (Å²) >= 11 is 0. The van der Waals surface area contributed by atoms with Crippen molar-refractivity contribution in [2.45, 2.75) is 0 Å². The van der Waals surface area contributed by atoms with E-state index >= 15 is 0 Å². The Kier molecular flexibility index (Phi) is 7.53. The van der Waals surface area contributed by atoms with Gasteiger partial charge in [-0.05, 0) is 103 Å². The summed E-state index contributed by atoms with van der Waals surface area (Å²) in [5.41, 5.74) is 11.6. The second kappa shape index (κ2) is 13.2. The summed E-state index contributed by atoms with van der Waals surface area (Å²) in [4.78, 5) is 2.43. The molecule has 0 saturated carbocycles. The van der Waals surface area contributed by atoms with Crippen LogP contribution in [-0.4, -0.2) is 4.57 Å². The molecule has 56 heavy (non-hydrogen) atoms. The monoisotopic (exact) mass is 712 g/mol. The third-order valence-electron chi connectivity index (χ3n) is 11.4. The SMILES string of the molecule is c1ccc(-c2cccc(N(c3ccc(-c4cccc5c4ccc4c6ccccc6ccc54)cc3)c3cccc4c5ccccc5n(-c5ccccc5)c34)c2)cc1. The summed E-state index contributed by atoms with van der Waals surface area (Å²) in [6.07, 6.45) is 0. The zero-order chi connectivity index (χ0) is 37.0. The van der Waals surface area contributed by atoms with Gasteiger partial charge in [-0.25, -0.2) is 0 Å². The smallest absolute Gasteiger partial charge is 0.0782 e. The maximum atomic E-state index is 2.43. The molecular weight excluding hydrogens is 677 g/mol. The van der Waals surface area contributed by atoms with Crippen molar-refractivity contribution in [3.8, 4) is 27.9 Å². The largest absolute Gasteiger partial charge is 0.308 e. The Morgan fingerprint density at radius 1 is 0.321 bits per heavy atom. The van der Waals surface area contributed by atoms with E-state index in [0.717, 1.165) is 22.7 Å². The zero-order valence-electron chi connectivity index (χ0n) is 30.7. The number of aromatic nitrogens is 1. The van der Waals surface area contributed by atoms with E-state index in [-0.39, 0.29) is 0 Å². The quantitative estimate of drug-likeness (QED) is 0.156. The predicted molar refractivity (Wildman–Crippen MR) is 239 cm³/mol. The van der Waals surface area contributed by atoms with Gasteiger partial charge in [-0.2, -0.15) is 0 Å². The van der Waals surface area contributed by atoms with E-state index in [1.165, 1.54) is 76.4 Å². The Labute approximate surface area is 325 Å². The van der Waals surface area contributed by atoms with Gasteiger partial charge in [-0.1, -0.05) is 170 Å². The minimum absolute atomic E-state index is 1.09. The first-order valence-electron chi connectivity index (χ1n) is 19.3. The minimum atomic E-state index is 1.09. The summed E-state index contributed by atoms with van der Waals surface area (Å²) in [5.74, 6) is 0. The lowest BCUT2D eigenvalue weighted by Gasteiger charge is -2.28. The van der Waals surface area contributed by atoms with Gasteiger partial charge in [0.05, 0.1) is 16.7 Å². The standard InChI is InChI=1S/C54H36N2/c1-3-14-37(15-4-1)40-17-11-20-43(36-40)55(53-27-13-25-51-50-22-9-10-26-52(50)56(54(51)53)41-18-5-2-6-19-41)42-31-28-39(29-32-42)45-23-12-24-46-47(45)34-35-48-44-21-8-7-16-38(44)30-33-49(46)48/h1-36H. The average molecular weight is 713 g/mol. The van der Waals surface area contributed by atoms with Crippen molar-refractivity contribution in [1.82, 2.24) is 4.57 Å². The minimum Gasteiger partial charge on any atom is -0.308 e. The van der Waals surface area contributed by atoms with Crippen molar-refractivity contribution in [2.75, 3.05) is 4.90 Å². The first kappa shape index (κ1) is 32.0. The van der Waals surface area contributed by atoms with Gasteiger partial charge in [0.15, 0.2) is 0 Å².